The molecule has 0 aliphatic heterocycles. The van der Waals surface area contributed by atoms with Crippen molar-refractivity contribution in [1.82, 2.24) is 0 Å². The van der Waals surface area contributed by atoms with E-state index in [4.69, 9.17) is 16.3 Å². The summed E-state index contributed by atoms with van der Waals surface area (Å²) in [6.07, 6.45) is -0.0823. The van der Waals surface area contributed by atoms with Crippen LogP contribution in [0.1, 0.15) is 6.42 Å². The van der Waals surface area contributed by atoms with E-state index in [9.17, 15) is 18.0 Å². The van der Waals surface area contributed by atoms with Gasteiger partial charge in [-0.2, -0.15) is 0 Å². The maximum absolute atomic E-state index is 13.4. The second-order valence-electron chi connectivity index (χ2n) is 4.32. The molecule has 0 aromatic heterocycles. The van der Waals surface area contributed by atoms with Gasteiger partial charge in [0.15, 0.2) is 17.5 Å². The highest BCUT2D eigenvalue weighted by Crippen LogP contribution is 2.20. The molecule has 2 aromatic carbocycles. The molecular formula is C15H11ClF3NO2. The van der Waals surface area contributed by atoms with Crippen molar-refractivity contribution in [3.05, 3.63) is 58.9 Å². The maximum atomic E-state index is 13.4. The van der Waals surface area contributed by atoms with E-state index in [2.05, 4.69) is 5.32 Å². The van der Waals surface area contributed by atoms with E-state index in [1.54, 1.807) is 24.3 Å². The Morgan fingerprint density at radius 3 is 2.41 bits per heavy atom. The van der Waals surface area contributed by atoms with E-state index in [0.717, 1.165) is 12.1 Å². The quantitative estimate of drug-likeness (QED) is 0.836. The first-order chi connectivity index (χ1) is 10.5. The monoisotopic (exact) mass is 329 g/mol. The number of hydrogen-bond acceptors (Lipinski definition) is 2. The number of benzene rings is 2. The number of nitrogens with one attached hydrogen (secondary N) is 1. The van der Waals surface area contributed by atoms with Crippen molar-refractivity contribution >= 4 is 23.2 Å². The Balaban J connectivity index is 1.86. The summed E-state index contributed by atoms with van der Waals surface area (Å²) < 4.78 is 44.4. The maximum Gasteiger partial charge on any atom is 0.227 e. The molecule has 0 radical (unpaired) electrons. The predicted octanol–water partition coefficient (Wildman–Crippen LogP) is 4.16. The van der Waals surface area contributed by atoms with Crippen LogP contribution in [0.3, 0.4) is 0 Å². The van der Waals surface area contributed by atoms with E-state index in [0.29, 0.717) is 10.8 Å². The van der Waals surface area contributed by atoms with E-state index in [1.807, 2.05) is 0 Å². The molecule has 0 spiro atoms. The molecule has 0 bridgehead atoms. The van der Waals surface area contributed by atoms with Gasteiger partial charge in [0.05, 0.1) is 18.7 Å². The lowest BCUT2D eigenvalue weighted by Crippen LogP contribution is -2.16. The number of carbonyl (C=O) groups excluding carboxylic acids is 1. The van der Waals surface area contributed by atoms with Crippen LogP contribution in [0.15, 0.2) is 36.4 Å². The first kappa shape index (κ1) is 16.2. The number of anilines is 1. The zero-order valence-corrected chi connectivity index (χ0v) is 12.0. The zero-order chi connectivity index (χ0) is 16.1. The van der Waals surface area contributed by atoms with Crippen molar-refractivity contribution in [2.45, 2.75) is 6.42 Å². The molecular weight excluding hydrogens is 319 g/mol. The van der Waals surface area contributed by atoms with Crippen molar-refractivity contribution in [2.24, 2.45) is 0 Å². The van der Waals surface area contributed by atoms with E-state index in [-0.39, 0.29) is 13.0 Å². The number of amides is 1. The van der Waals surface area contributed by atoms with Crippen LogP contribution in [0.4, 0.5) is 18.9 Å². The third kappa shape index (κ3) is 4.14. The predicted molar refractivity (Wildman–Crippen MR) is 76.5 cm³/mol. The second kappa shape index (κ2) is 7.17. The molecule has 0 heterocycles. The summed E-state index contributed by atoms with van der Waals surface area (Å²) in [6.45, 7) is 0.0404. The topological polar surface area (TPSA) is 38.3 Å². The van der Waals surface area contributed by atoms with Gasteiger partial charge < -0.3 is 10.1 Å². The van der Waals surface area contributed by atoms with Crippen molar-refractivity contribution < 1.29 is 22.7 Å². The van der Waals surface area contributed by atoms with Gasteiger partial charge in [-0.3, -0.25) is 4.79 Å². The standard InChI is InChI=1S/C15H11ClF3NO2/c16-9-1-3-10(4-2-9)22-8-7-13(21)20-12-6-5-11(17)14(18)15(12)19/h1-6H,7-8H2,(H,20,21). The van der Waals surface area contributed by atoms with Crippen LogP contribution in [-0.4, -0.2) is 12.5 Å². The normalized spacial score (nSPS) is 10.4. The van der Waals surface area contributed by atoms with Crippen LogP contribution in [0.5, 0.6) is 5.75 Å². The minimum atomic E-state index is -1.63. The average molecular weight is 330 g/mol. The number of hydrogen-bond donors (Lipinski definition) is 1. The van der Waals surface area contributed by atoms with E-state index < -0.39 is 29.0 Å². The summed E-state index contributed by atoms with van der Waals surface area (Å²) in [5.41, 5.74) is -0.421. The number of rotatable bonds is 5. The highest BCUT2D eigenvalue weighted by atomic mass is 35.5. The van der Waals surface area contributed by atoms with Crippen LogP contribution in [-0.2, 0) is 4.79 Å². The highest BCUT2D eigenvalue weighted by molar-refractivity contribution is 6.30. The Morgan fingerprint density at radius 2 is 1.73 bits per heavy atom. The summed E-state index contributed by atoms with van der Waals surface area (Å²) in [6, 6.07) is 8.22. The molecule has 7 heteroatoms. The lowest BCUT2D eigenvalue weighted by atomic mass is 10.2. The fraction of sp³-hybridized carbons (Fsp3) is 0.133. The molecule has 116 valence electrons. The van der Waals surface area contributed by atoms with Crippen LogP contribution < -0.4 is 10.1 Å². The molecule has 1 amide bonds. The SMILES string of the molecule is O=C(CCOc1ccc(Cl)cc1)Nc1ccc(F)c(F)c1F. The van der Waals surface area contributed by atoms with Gasteiger partial charge in [0.1, 0.15) is 5.75 Å². The summed E-state index contributed by atoms with van der Waals surface area (Å²) in [7, 11) is 0. The summed E-state index contributed by atoms with van der Waals surface area (Å²) in [4.78, 5) is 11.6. The first-order valence-corrected chi connectivity index (χ1v) is 6.67. The van der Waals surface area contributed by atoms with Crippen LogP contribution >= 0.6 is 11.6 Å². The van der Waals surface area contributed by atoms with Gasteiger partial charge >= 0.3 is 0 Å². The van der Waals surface area contributed by atoms with Crippen LogP contribution in [0.25, 0.3) is 0 Å². The Kier molecular flexibility index (Phi) is 5.27. The minimum absolute atomic E-state index is 0.0404. The third-order valence-corrected chi connectivity index (χ3v) is 2.97. The number of carbonyl (C=O) groups is 1. The molecule has 2 rings (SSSR count). The molecule has 0 saturated carbocycles. The summed E-state index contributed by atoms with van der Waals surface area (Å²) in [5.74, 6) is -4.45. The zero-order valence-electron chi connectivity index (χ0n) is 11.2. The number of halogens is 4. The fourth-order valence-electron chi connectivity index (χ4n) is 1.63. The average Bonchev–Trinajstić information content (AvgIpc) is 2.50. The molecule has 0 aliphatic carbocycles. The fourth-order valence-corrected chi connectivity index (χ4v) is 1.75. The largest absolute Gasteiger partial charge is 0.493 e. The third-order valence-electron chi connectivity index (χ3n) is 2.72. The van der Waals surface area contributed by atoms with Gasteiger partial charge in [0.2, 0.25) is 5.91 Å². The first-order valence-electron chi connectivity index (χ1n) is 6.29. The smallest absolute Gasteiger partial charge is 0.227 e. The lowest BCUT2D eigenvalue weighted by Gasteiger charge is -2.08. The van der Waals surface area contributed by atoms with Gasteiger partial charge in [-0.05, 0) is 36.4 Å². The minimum Gasteiger partial charge on any atom is -0.493 e. The molecule has 22 heavy (non-hydrogen) atoms. The Bertz CT molecular complexity index is 677. The highest BCUT2D eigenvalue weighted by Gasteiger charge is 2.15. The van der Waals surface area contributed by atoms with Gasteiger partial charge in [-0.15, -0.1) is 0 Å². The lowest BCUT2D eigenvalue weighted by molar-refractivity contribution is -0.116. The van der Waals surface area contributed by atoms with Gasteiger partial charge in [-0.25, -0.2) is 13.2 Å². The Hall–Kier alpha value is -2.21. The molecule has 0 unspecified atom stereocenters. The molecule has 0 aliphatic rings. The molecule has 0 saturated heterocycles. The van der Waals surface area contributed by atoms with E-state index >= 15 is 0 Å². The summed E-state index contributed by atoms with van der Waals surface area (Å²) >= 11 is 5.71. The number of ether oxygens (including phenoxy) is 1. The Labute approximate surface area is 129 Å². The molecule has 0 atom stereocenters. The Morgan fingerprint density at radius 1 is 1.05 bits per heavy atom. The van der Waals surface area contributed by atoms with Gasteiger partial charge in [0, 0.05) is 5.02 Å². The molecule has 2 aromatic rings. The van der Waals surface area contributed by atoms with E-state index in [1.165, 1.54) is 0 Å². The summed E-state index contributed by atoms with van der Waals surface area (Å²) in [5, 5.41) is 2.71. The second-order valence-corrected chi connectivity index (χ2v) is 4.76. The molecule has 3 nitrogen and oxygen atoms in total. The van der Waals surface area contributed by atoms with Gasteiger partial charge in [0.25, 0.3) is 0 Å². The van der Waals surface area contributed by atoms with Crippen molar-refractivity contribution in [1.29, 1.82) is 0 Å². The van der Waals surface area contributed by atoms with Crippen molar-refractivity contribution in [3.8, 4) is 5.75 Å². The molecule has 1 N–H and O–H groups in total. The van der Waals surface area contributed by atoms with Crippen molar-refractivity contribution in [3.63, 3.8) is 0 Å². The van der Waals surface area contributed by atoms with Crippen LogP contribution in [0, 0.1) is 17.5 Å². The van der Waals surface area contributed by atoms with Crippen molar-refractivity contribution in [2.75, 3.05) is 11.9 Å². The van der Waals surface area contributed by atoms with Crippen LogP contribution in [0.2, 0.25) is 5.02 Å². The molecule has 0 fully saturated rings. The van der Waals surface area contributed by atoms with Gasteiger partial charge in [-0.1, -0.05) is 11.6 Å².